The van der Waals surface area contributed by atoms with Crippen molar-refractivity contribution >= 4 is 21.8 Å². The third-order valence-electron chi connectivity index (χ3n) is 4.33. The van der Waals surface area contributed by atoms with Crippen LogP contribution in [0.4, 0.5) is 0 Å². The Balaban J connectivity index is 1.62. The lowest BCUT2D eigenvalue weighted by Crippen LogP contribution is -2.39. The zero-order valence-electron chi connectivity index (χ0n) is 14.7. The SMILES string of the molecule is C[C@@H](CNC(=O)CN(C)C1=NS(=O)(=O)c2ccccc21)c1ccccc1. The minimum Gasteiger partial charge on any atom is -0.354 e. The summed E-state index contributed by atoms with van der Waals surface area (Å²) in [6.45, 7) is 2.59. The third kappa shape index (κ3) is 3.77. The predicted octanol–water partition coefficient (Wildman–Crippen LogP) is 1.99. The second kappa shape index (κ2) is 7.29. The van der Waals surface area contributed by atoms with Gasteiger partial charge in [0.25, 0.3) is 10.0 Å². The quantitative estimate of drug-likeness (QED) is 0.872. The van der Waals surface area contributed by atoms with Crippen LogP contribution in [0.3, 0.4) is 0 Å². The minimum atomic E-state index is -3.68. The number of sulfonamides is 1. The van der Waals surface area contributed by atoms with E-state index in [0.29, 0.717) is 17.9 Å². The summed E-state index contributed by atoms with van der Waals surface area (Å²) < 4.78 is 28.0. The molecule has 0 unspecified atom stereocenters. The number of carbonyl (C=O) groups is 1. The standard InChI is InChI=1S/C19H21N3O3S/c1-14(15-8-4-3-5-9-15)12-20-18(23)13-22(2)19-16-10-6-7-11-17(16)26(24,25)21-19/h3-11,14H,12-13H2,1-2H3,(H,20,23)/t14-/m0/s1. The van der Waals surface area contributed by atoms with Gasteiger partial charge in [0.2, 0.25) is 5.91 Å². The summed E-state index contributed by atoms with van der Waals surface area (Å²) in [5.74, 6) is 0.307. The highest BCUT2D eigenvalue weighted by Gasteiger charge is 2.30. The van der Waals surface area contributed by atoms with Gasteiger partial charge in [-0.15, -0.1) is 4.40 Å². The average molecular weight is 371 g/mol. The van der Waals surface area contributed by atoms with Gasteiger partial charge in [0.05, 0.1) is 6.54 Å². The van der Waals surface area contributed by atoms with Gasteiger partial charge in [-0.3, -0.25) is 4.79 Å². The molecule has 1 amide bonds. The molecular weight excluding hydrogens is 350 g/mol. The maximum atomic E-state index is 12.3. The molecule has 2 aromatic rings. The fourth-order valence-corrected chi connectivity index (χ4v) is 4.13. The molecule has 1 aliphatic rings. The molecule has 26 heavy (non-hydrogen) atoms. The molecule has 1 heterocycles. The monoisotopic (exact) mass is 371 g/mol. The number of amides is 1. The fraction of sp³-hybridized carbons (Fsp3) is 0.263. The fourth-order valence-electron chi connectivity index (χ4n) is 2.88. The van der Waals surface area contributed by atoms with Crippen molar-refractivity contribution in [2.24, 2.45) is 4.40 Å². The van der Waals surface area contributed by atoms with Gasteiger partial charge in [-0.05, 0) is 23.6 Å². The number of carbonyl (C=O) groups excluding carboxylic acids is 1. The van der Waals surface area contributed by atoms with Gasteiger partial charge in [-0.25, -0.2) is 0 Å². The summed E-state index contributed by atoms with van der Waals surface area (Å²) in [5.41, 5.74) is 1.68. The summed E-state index contributed by atoms with van der Waals surface area (Å²) in [6.07, 6.45) is 0. The van der Waals surface area contributed by atoms with Crippen LogP contribution in [0.5, 0.6) is 0 Å². The molecule has 2 aromatic carbocycles. The highest BCUT2D eigenvalue weighted by Crippen LogP contribution is 2.26. The molecule has 0 spiro atoms. The summed E-state index contributed by atoms with van der Waals surface area (Å²) in [7, 11) is -2.02. The molecule has 0 saturated carbocycles. The van der Waals surface area contributed by atoms with Crippen LogP contribution in [-0.4, -0.2) is 45.2 Å². The highest BCUT2D eigenvalue weighted by atomic mass is 32.2. The molecule has 3 rings (SSSR count). The van der Waals surface area contributed by atoms with Gasteiger partial charge in [-0.2, -0.15) is 8.42 Å². The van der Waals surface area contributed by atoms with Crippen LogP contribution in [0.25, 0.3) is 0 Å². The predicted molar refractivity (Wildman–Crippen MR) is 101 cm³/mol. The Hall–Kier alpha value is -2.67. The Morgan fingerprint density at radius 1 is 1.12 bits per heavy atom. The van der Waals surface area contributed by atoms with Crippen LogP contribution in [0.1, 0.15) is 24.0 Å². The molecule has 0 aromatic heterocycles. The van der Waals surface area contributed by atoms with Gasteiger partial charge in [0, 0.05) is 19.2 Å². The molecule has 7 heteroatoms. The van der Waals surface area contributed by atoms with E-state index < -0.39 is 10.0 Å². The topological polar surface area (TPSA) is 78.8 Å². The van der Waals surface area contributed by atoms with E-state index in [9.17, 15) is 13.2 Å². The van der Waals surface area contributed by atoms with Gasteiger partial charge >= 0.3 is 0 Å². The molecule has 1 aliphatic heterocycles. The lowest BCUT2D eigenvalue weighted by atomic mass is 10.0. The molecule has 0 fully saturated rings. The molecule has 1 atom stereocenters. The van der Waals surface area contributed by atoms with Gasteiger partial charge in [-0.1, -0.05) is 49.4 Å². The molecular formula is C19H21N3O3S. The molecule has 136 valence electrons. The van der Waals surface area contributed by atoms with Crippen LogP contribution in [0.2, 0.25) is 0 Å². The van der Waals surface area contributed by atoms with Crippen LogP contribution in [-0.2, 0) is 14.8 Å². The number of hydrogen-bond acceptors (Lipinski definition) is 4. The van der Waals surface area contributed by atoms with Crippen molar-refractivity contribution in [3.63, 3.8) is 0 Å². The van der Waals surface area contributed by atoms with Crippen LogP contribution < -0.4 is 5.32 Å². The second-order valence-electron chi connectivity index (χ2n) is 6.36. The first kappa shape index (κ1) is 18.1. The largest absolute Gasteiger partial charge is 0.354 e. The van der Waals surface area contributed by atoms with Crippen molar-refractivity contribution in [3.05, 3.63) is 65.7 Å². The maximum Gasteiger partial charge on any atom is 0.285 e. The van der Waals surface area contributed by atoms with Gasteiger partial charge < -0.3 is 10.2 Å². The average Bonchev–Trinajstić information content (AvgIpc) is 2.92. The Labute approximate surface area is 153 Å². The van der Waals surface area contributed by atoms with Crippen molar-refractivity contribution in [2.45, 2.75) is 17.7 Å². The summed E-state index contributed by atoms with van der Waals surface area (Å²) >= 11 is 0. The molecule has 6 nitrogen and oxygen atoms in total. The first-order chi connectivity index (χ1) is 12.4. The maximum absolute atomic E-state index is 12.3. The lowest BCUT2D eigenvalue weighted by Gasteiger charge is -2.19. The number of fused-ring (bicyclic) bond motifs is 1. The number of likely N-dealkylation sites (N-methyl/N-ethyl adjacent to an activating group) is 1. The number of amidine groups is 1. The zero-order chi connectivity index (χ0) is 18.7. The van der Waals surface area contributed by atoms with Crippen LogP contribution in [0, 0.1) is 0 Å². The van der Waals surface area contributed by atoms with Crippen molar-refractivity contribution in [3.8, 4) is 0 Å². The zero-order valence-corrected chi connectivity index (χ0v) is 15.5. The highest BCUT2D eigenvalue weighted by molar-refractivity contribution is 7.90. The van der Waals surface area contributed by atoms with Crippen molar-refractivity contribution < 1.29 is 13.2 Å². The smallest absolute Gasteiger partial charge is 0.285 e. The van der Waals surface area contributed by atoms with Crippen molar-refractivity contribution in [2.75, 3.05) is 20.1 Å². The second-order valence-corrected chi connectivity index (χ2v) is 7.93. The number of nitrogens with one attached hydrogen (secondary N) is 1. The molecule has 0 radical (unpaired) electrons. The van der Waals surface area contributed by atoms with E-state index >= 15 is 0 Å². The van der Waals surface area contributed by atoms with E-state index in [2.05, 4.69) is 9.71 Å². The number of rotatable bonds is 5. The first-order valence-corrected chi connectivity index (χ1v) is 9.79. The Bertz CT molecular complexity index is 940. The number of hydrogen-bond donors (Lipinski definition) is 1. The van der Waals surface area contributed by atoms with E-state index in [4.69, 9.17) is 0 Å². The third-order valence-corrected chi connectivity index (χ3v) is 5.65. The normalized spacial score (nSPS) is 15.7. The lowest BCUT2D eigenvalue weighted by molar-refractivity contribution is -0.121. The van der Waals surface area contributed by atoms with Gasteiger partial charge in [0.1, 0.15) is 4.90 Å². The van der Waals surface area contributed by atoms with E-state index in [1.165, 1.54) is 6.07 Å². The minimum absolute atomic E-state index is 0.0319. The first-order valence-electron chi connectivity index (χ1n) is 8.35. The summed E-state index contributed by atoms with van der Waals surface area (Å²) in [6, 6.07) is 16.6. The van der Waals surface area contributed by atoms with Gasteiger partial charge in [0.15, 0.2) is 5.84 Å². The molecule has 0 saturated heterocycles. The van der Waals surface area contributed by atoms with Crippen molar-refractivity contribution in [1.29, 1.82) is 0 Å². The molecule has 0 bridgehead atoms. The number of benzene rings is 2. The molecule has 1 N–H and O–H groups in total. The van der Waals surface area contributed by atoms with E-state index in [0.717, 1.165) is 5.56 Å². The van der Waals surface area contributed by atoms with Crippen LogP contribution >= 0.6 is 0 Å². The number of nitrogens with zero attached hydrogens (tertiary/aromatic N) is 2. The van der Waals surface area contributed by atoms with E-state index in [1.807, 2.05) is 37.3 Å². The van der Waals surface area contributed by atoms with Crippen molar-refractivity contribution in [1.82, 2.24) is 10.2 Å². The Morgan fingerprint density at radius 2 is 1.77 bits per heavy atom. The van der Waals surface area contributed by atoms with Crippen LogP contribution in [0.15, 0.2) is 63.9 Å². The summed E-state index contributed by atoms with van der Waals surface area (Å²) in [5, 5.41) is 2.89. The Kier molecular flexibility index (Phi) is 5.08. The van der Waals surface area contributed by atoms with E-state index in [-0.39, 0.29) is 23.3 Å². The molecule has 0 aliphatic carbocycles. The van der Waals surface area contributed by atoms with E-state index in [1.54, 1.807) is 30.1 Å². The Morgan fingerprint density at radius 3 is 2.50 bits per heavy atom. The summed E-state index contributed by atoms with van der Waals surface area (Å²) in [4.78, 5) is 14.0.